The fourth-order valence-electron chi connectivity index (χ4n) is 1.57. The molecule has 0 aromatic carbocycles. The molecule has 0 aliphatic carbocycles. The van der Waals surface area contributed by atoms with Crippen molar-refractivity contribution in [3.05, 3.63) is 11.6 Å². The zero-order chi connectivity index (χ0) is 11.7. The molecule has 0 unspecified atom stereocenters. The van der Waals surface area contributed by atoms with Gasteiger partial charge in [-0.05, 0) is 34.1 Å². The summed E-state index contributed by atoms with van der Waals surface area (Å²) in [5.41, 5.74) is 1.17. The van der Waals surface area contributed by atoms with Crippen molar-refractivity contribution in [3.63, 3.8) is 0 Å². The van der Waals surface area contributed by atoms with Crippen LogP contribution in [-0.2, 0) is 9.47 Å². The summed E-state index contributed by atoms with van der Waals surface area (Å²) in [6.45, 7) is 13.7. The predicted molar refractivity (Wildman–Crippen MR) is 63.5 cm³/mol. The number of rotatable bonds is 8. The van der Waals surface area contributed by atoms with Gasteiger partial charge in [-0.25, -0.2) is 0 Å². The van der Waals surface area contributed by atoms with Gasteiger partial charge in [0.25, 0.3) is 5.95 Å². The lowest BCUT2D eigenvalue weighted by Crippen LogP contribution is -2.24. The highest BCUT2D eigenvalue weighted by atomic mass is 16.7. The quantitative estimate of drug-likeness (QED) is 0.581. The number of nitrogens with zero attached hydrogens (tertiary/aromatic N) is 1. The first-order chi connectivity index (χ1) is 7.24. The highest BCUT2D eigenvalue weighted by Gasteiger charge is 2.13. The molecule has 0 aliphatic heterocycles. The van der Waals surface area contributed by atoms with Crippen molar-refractivity contribution in [1.82, 2.24) is 4.90 Å². The normalized spacial score (nSPS) is 9.67. The maximum absolute atomic E-state index is 5.54. The summed E-state index contributed by atoms with van der Waals surface area (Å²) in [4.78, 5) is 2.28. The van der Waals surface area contributed by atoms with Crippen molar-refractivity contribution in [2.75, 3.05) is 26.3 Å². The van der Waals surface area contributed by atoms with E-state index in [1.165, 1.54) is 5.70 Å². The van der Waals surface area contributed by atoms with Gasteiger partial charge in [-0.3, -0.25) is 0 Å². The van der Waals surface area contributed by atoms with E-state index in [9.17, 15) is 0 Å². The van der Waals surface area contributed by atoms with E-state index in [0.29, 0.717) is 19.2 Å². The third-order valence-electron chi connectivity index (χ3n) is 2.27. The number of ether oxygens (including phenoxy) is 2. The Morgan fingerprint density at radius 1 is 0.867 bits per heavy atom. The van der Waals surface area contributed by atoms with Gasteiger partial charge in [-0.2, -0.15) is 0 Å². The smallest absolute Gasteiger partial charge is 0.299 e. The third kappa shape index (κ3) is 4.45. The van der Waals surface area contributed by atoms with E-state index < -0.39 is 0 Å². The van der Waals surface area contributed by atoms with Crippen molar-refractivity contribution in [1.29, 1.82) is 0 Å². The fourth-order valence-corrected chi connectivity index (χ4v) is 1.57. The molecule has 0 heterocycles. The molecule has 0 bridgehead atoms. The van der Waals surface area contributed by atoms with E-state index in [1.54, 1.807) is 0 Å². The van der Waals surface area contributed by atoms with Crippen LogP contribution < -0.4 is 0 Å². The Hall–Kier alpha value is -0.860. The molecule has 0 spiro atoms. The monoisotopic (exact) mass is 215 g/mol. The van der Waals surface area contributed by atoms with Crippen molar-refractivity contribution in [2.24, 2.45) is 0 Å². The molecule has 0 saturated carbocycles. The van der Waals surface area contributed by atoms with Gasteiger partial charge >= 0.3 is 0 Å². The highest BCUT2D eigenvalue weighted by molar-refractivity contribution is 5.02. The SMILES string of the molecule is CCOC(OCC)=C(CC)N(CC)CC. The highest BCUT2D eigenvalue weighted by Crippen LogP contribution is 2.16. The van der Waals surface area contributed by atoms with Gasteiger partial charge in [0.15, 0.2) is 0 Å². The molecule has 0 aliphatic rings. The van der Waals surface area contributed by atoms with Crippen molar-refractivity contribution >= 4 is 0 Å². The van der Waals surface area contributed by atoms with Crippen LogP contribution in [0.2, 0.25) is 0 Å². The Morgan fingerprint density at radius 2 is 1.33 bits per heavy atom. The summed E-state index contributed by atoms with van der Waals surface area (Å²) in [5.74, 6) is 0.700. The Kier molecular flexibility index (Phi) is 7.96. The van der Waals surface area contributed by atoms with Crippen molar-refractivity contribution < 1.29 is 9.47 Å². The molecule has 0 radical (unpaired) electrons. The summed E-state index contributed by atoms with van der Waals surface area (Å²) in [6.07, 6.45) is 0.941. The predicted octanol–water partition coefficient (Wildman–Crippen LogP) is 2.98. The van der Waals surface area contributed by atoms with Crippen LogP contribution in [0.4, 0.5) is 0 Å². The molecular weight excluding hydrogens is 190 g/mol. The van der Waals surface area contributed by atoms with E-state index in [-0.39, 0.29) is 0 Å². The molecule has 15 heavy (non-hydrogen) atoms. The Bertz CT molecular complexity index is 178. The summed E-state index contributed by atoms with van der Waals surface area (Å²) >= 11 is 0. The number of allylic oxidation sites excluding steroid dienone is 1. The van der Waals surface area contributed by atoms with Crippen molar-refractivity contribution in [3.8, 4) is 0 Å². The molecule has 0 aromatic heterocycles. The van der Waals surface area contributed by atoms with Gasteiger partial charge in [0.1, 0.15) is 0 Å². The standard InChI is InChI=1S/C12H25NO2/c1-6-11(13(7-2)8-3)12(14-9-4)15-10-5/h6-10H2,1-5H3. The molecule has 0 aromatic rings. The first-order valence-corrected chi connectivity index (χ1v) is 5.98. The molecule has 0 saturated heterocycles. The van der Waals surface area contributed by atoms with E-state index in [2.05, 4.69) is 25.7 Å². The van der Waals surface area contributed by atoms with Crippen molar-refractivity contribution in [2.45, 2.75) is 41.0 Å². The Morgan fingerprint density at radius 3 is 1.60 bits per heavy atom. The van der Waals surface area contributed by atoms with Gasteiger partial charge in [-0.1, -0.05) is 6.92 Å². The Labute approximate surface area is 94.1 Å². The van der Waals surface area contributed by atoms with Gasteiger partial charge in [-0.15, -0.1) is 0 Å². The van der Waals surface area contributed by atoms with Crippen LogP contribution in [0, 0.1) is 0 Å². The number of hydrogen-bond donors (Lipinski definition) is 0. The average Bonchev–Trinajstić information content (AvgIpc) is 2.25. The van der Waals surface area contributed by atoms with Gasteiger partial charge < -0.3 is 14.4 Å². The van der Waals surface area contributed by atoms with Gasteiger partial charge in [0.05, 0.1) is 18.9 Å². The zero-order valence-electron chi connectivity index (χ0n) is 10.8. The van der Waals surface area contributed by atoms with Crippen LogP contribution in [0.25, 0.3) is 0 Å². The molecule has 0 fully saturated rings. The van der Waals surface area contributed by atoms with Crippen LogP contribution in [0.3, 0.4) is 0 Å². The number of hydrogen-bond acceptors (Lipinski definition) is 3. The minimum atomic E-state index is 0.653. The summed E-state index contributed by atoms with van der Waals surface area (Å²) in [6, 6.07) is 0. The van der Waals surface area contributed by atoms with E-state index in [1.807, 2.05) is 13.8 Å². The molecule has 0 N–H and O–H groups in total. The summed E-state index contributed by atoms with van der Waals surface area (Å²) in [5, 5.41) is 0. The second-order valence-electron chi connectivity index (χ2n) is 3.13. The topological polar surface area (TPSA) is 21.7 Å². The average molecular weight is 215 g/mol. The maximum Gasteiger partial charge on any atom is 0.299 e. The molecule has 3 heteroatoms. The second kappa shape index (κ2) is 8.45. The summed E-state index contributed by atoms with van der Waals surface area (Å²) in [7, 11) is 0. The second-order valence-corrected chi connectivity index (χ2v) is 3.13. The van der Waals surface area contributed by atoms with Crippen LogP contribution in [0.5, 0.6) is 0 Å². The molecular formula is C12H25NO2. The lowest BCUT2D eigenvalue weighted by molar-refractivity contribution is 0.0335. The Balaban J connectivity index is 4.82. The van der Waals surface area contributed by atoms with Crippen LogP contribution in [0.15, 0.2) is 11.6 Å². The summed E-state index contributed by atoms with van der Waals surface area (Å²) < 4.78 is 11.1. The van der Waals surface area contributed by atoms with E-state index >= 15 is 0 Å². The van der Waals surface area contributed by atoms with E-state index in [0.717, 1.165) is 19.5 Å². The van der Waals surface area contributed by atoms with Crippen LogP contribution >= 0.6 is 0 Å². The molecule has 3 nitrogen and oxygen atoms in total. The van der Waals surface area contributed by atoms with E-state index in [4.69, 9.17) is 9.47 Å². The largest absolute Gasteiger partial charge is 0.464 e. The lowest BCUT2D eigenvalue weighted by Gasteiger charge is -2.25. The molecule has 0 atom stereocenters. The van der Waals surface area contributed by atoms with Gasteiger partial charge in [0.2, 0.25) is 0 Å². The molecule has 0 amide bonds. The first-order valence-electron chi connectivity index (χ1n) is 5.98. The lowest BCUT2D eigenvalue weighted by atomic mass is 10.3. The minimum Gasteiger partial charge on any atom is -0.464 e. The zero-order valence-corrected chi connectivity index (χ0v) is 10.8. The third-order valence-corrected chi connectivity index (χ3v) is 2.27. The van der Waals surface area contributed by atoms with Crippen LogP contribution in [0.1, 0.15) is 41.0 Å². The maximum atomic E-state index is 5.54. The molecule has 90 valence electrons. The van der Waals surface area contributed by atoms with Crippen LogP contribution in [-0.4, -0.2) is 31.2 Å². The molecule has 0 rings (SSSR count). The first kappa shape index (κ1) is 14.1. The fraction of sp³-hybridized carbons (Fsp3) is 0.833. The minimum absolute atomic E-state index is 0.653. The van der Waals surface area contributed by atoms with Gasteiger partial charge in [0, 0.05) is 13.1 Å².